The molecule has 0 aromatic heterocycles. The normalized spacial score (nSPS) is 34.6. The van der Waals surface area contributed by atoms with E-state index >= 15 is 0 Å². The van der Waals surface area contributed by atoms with Crippen LogP contribution in [0.5, 0.6) is 0 Å². The zero-order chi connectivity index (χ0) is 6.97. The first-order chi connectivity index (χ1) is 4.90. The van der Waals surface area contributed by atoms with E-state index in [1.165, 1.54) is 42.0 Å². The monoisotopic (exact) mass is 423 g/mol. The van der Waals surface area contributed by atoms with Gasteiger partial charge in [0.25, 0.3) is 0 Å². The first-order valence-electron chi connectivity index (χ1n) is 4.55. The van der Waals surface area contributed by atoms with E-state index in [1.54, 1.807) is 0 Å². The molecule has 0 spiro atoms. The Labute approximate surface area is 160 Å². The molecule has 0 amide bonds. The second-order valence-corrected chi connectivity index (χ2v) is 4.68. The van der Waals surface area contributed by atoms with Gasteiger partial charge in [-0.25, -0.2) is 0 Å². The molecule has 0 bridgehead atoms. The zero-order valence-corrected chi connectivity index (χ0v) is 18.9. The summed E-state index contributed by atoms with van der Waals surface area (Å²) in [6.45, 7) is 0. The third-order valence-electron chi connectivity index (χ3n) is 2.81. The molecule has 3 radical (unpaired) electrons. The fourth-order valence-electron chi connectivity index (χ4n) is 2.16. The van der Waals surface area contributed by atoms with Crippen molar-refractivity contribution in [2.24, 2.45) is 5.92 Å². The Bertz CT molecular complexity index is 137. The van der Waals surface area contributed by atoms with Crippen molar-refractivity contribution in [3.05, 3.63) is 0 Å². The first kappa shape index (κ1) is 18.8. The van der Waals surface area contributed by atoms with Crippen molar-refractivity contribution in [1.29, 1.82) is 0 Å². The van der Waals surface area contributed by atoms with Crippen molar-refractivity contribution in [2.75, 3.05) is 0 Å². The van der Waals surface area contributed by atoms with Gasteiger partial charge in [0, 0.05) is 108 Å². The Morgan fingerprint density at radius 3 is 2.31 bits per heavy atom. The molecule has 1 saturated heterocycles. The van der Waals surface area contributed by atoms with E-state index < -0.39 is 0 Å². The third-order valence-corrected chi connectivity index (χ3v) is 3.39. The van der Waals surface area contributed by atoms with Gasteiger partial charge in [-0.1, -0.05) is 12.5 Å². The van der Waals surface area contributed by atoms with E-state index in [0.717, 1.165) is 5.92 Å². The molecule has 1 saturated carbocycles. The van der Waals surface area contributed by atoms with Gasteiger partial charge in [-0.15, -0.1) is 0 Å². The molecule has 2 rings (SSSR count). The molecule has 1 aliphatic heterocycles. The number of fused-ring (bicyclic) bond motifs is 1. The Morgan fingerprint density at radius 1 is 1.08 bits per heavy atom. The van der Waals surface area contributed by atoms with E-state index in [-0.39, 0.29) is 98.1 Å². The van der Waals surface area contributed by atoms with Gasteiger partial charge in [-0.05, 0) is 25.2 Å². The van der Waals surface area contributed by atoms with Crippen LogP contribution in [-0.2, 0) is 103 Å². The van der Waals surface area contributed by atoms with Crippen LogP contribution in [0.25, 0.3) is 0 Å². The number of hydrogen-bond acceptors (Lipinski definition) is 1. The van der Waals surface area contributed by atoms with Crippen LogP contribution in [0.2, 0.25) is 6.04 Å². The van der Waals surface area contributed by atoms with E-state index in [2.05, 4.69) is 0 Å². The van der Waals surface area contributed by atoms with Crippen LogP contribution in [0.4, 0.5) is 0 Å². The molecule has 5 heteroatoms. The molecule has 1 aliphatic carbocycles. The van der Waals surface area contributed by atoms with Crippen molar-refractivity contribution in [3.63, 3.8) is 0 Å². The molecule has 2 fully saturated rings. The first-order valence-corrected chi connectivity index (χ1v) is 5.97. The summed E-state index contributed by atoms with van der Waals surface area (Å²) < 4.78 is 5.47. The predicted octanol–water partition coefficient (Wildman–Crippen LogP) is 0.720. The molecule has 3 unspecified atom stereocenters. The molecule has 1 heterocycles. The SMILES string of the molecule is [SiH3]CCC1CCC2OC2C1.[Y].[Y].[Y]. The van der Waals surface area contributed by atoms with Crippen molar-refractivity contribution in [2.45, 2.75) is 43.9 Å². The van der Waals surface area contributed by atoms with Gasteiger partial charge in [-0.2, -0.15) is 0 Å². The second kappa shape index (κ2) is 9.51. The maximum absolute atomic E-state index is 5.47. The summed E-state index contributed by atoms with van der Waals surface area (Å²) in [4.78, 5) is 0. The van der Waals surface area contributed by atoms with Gasteiger partial charge < -0.3 is 4.74 Å². The topological polar surface area (TPSA) is 12.5 Å². The molecule has 0 aromatic carbocycles. The largest absolute Gasteiger partial charge is 0.370 e. The molecule has 2 aliphatic rings. The number of hydrogen-bond donors (Lipinski definition) is 0. The van der Waals surface area contributed by atoms with Crippen molar-refractivity contribution in [1.82, 2.24) is 0 Å². The summed E-state index contributed by atoms with van der Waals surface area (Å²) in [5, 5.41) is 0. The quantitative estimate of drug-likeness (QED) is 0.472. The number of rotatable bonds is 2. The smallest absolute Gasteiger partial charge is 0.0844 e. The minimum absolute atomic E-state index is 0. The molecule has 0 aromatic rings. The predicted molar refractivity (Wildman–Crippen MR) is 45.4 cm³/mol. The fraction of sp³-hybridized carbons (Fsp3) is 1.00. The minimum Gasteiger partial charge on any atom is -0.370 e. The molecule has 67 valence electrons. The summed E-state index contributed by atoms with van der Waals surface area (Å²) in [5.74, 6) is 1.03. The zero-order valence-electron chi connectivity index (χ0n) is 8.41. The van der Waals surface area contributed by atoms with Gasteiger partial charge in [0.2, 0.25) is 0 Å². The van der Waals surface area contributed by atoms with Crippen LogP contribution >= 0.6 is 0 Å². The summed E-state index contributed by atoms with van der Waals surface area (Å²) >= 11 is 0. The standard InChI is InChI=1S/C8H16OSi.3Y/c10-4-3-6-1-2-7-8(5-6)9-7;;;/h6-8H,1-5H2,10H3;;;. The summed E-state index contributed by atoms with van der Waals surface area (Å²) in [6, 6.07) is 1.49. The second-order valence-electron chi connectivity index (χ2n) is 3.68. The van der Waals surface area contributed by atoms with Crippen molar-refractivity contribution < 1.29 is 103 Å². The van der Waals surface area contributed by atoms with Gasteiger partial charge >= 0.3 is 0 Å². The average Bonchev–Trinajstić information content (AvgIpc) is 2.66. The Kier molecular flexibility index (Phi) is 13.8. The van der Waals surface area contributed by atoms with Crippen LogP contribution in [-0.4, -0.2) is 22.5 Å². The molecule has 3 atom stereocenters. The van der Waals surface area contributed by atoms with Crippen LogP contribution in [0.15, 0.2) is 0 Å². The van der Waals surface area contributed by atoms with E-state index in [1.807, 2.05) is 0 Å². The maximum atomic E-state index is 5.47. The average molecular weight is 423 g/mol. The van der Waals surface area contributed by atoms with Crippen LogP contribution in [0.1, 0.15) is 25.7 Å². The Morgan fingerprint density at radius 2 is 1.77 bits per heavy atom. The van der Waals surface area contributed by atoms with Gasteiger partial charge in [0.05, 0.1) is 12.2 Å². The van der Waals surface area contributed by atoms with Crippen LogP contribution in [0.3, 0.4) is 0 Å². The summed E-state index contributed by atoms with van der Waals surface area (Å²) in [6.07, 6.45) is 7.07. The molecule has 1 nitrogen and oxygen atoms in total. The van der Waals surface area contributed by atoms with Crippen molar-refractivity contribution in [3.8, 4) is 0 Å². The summed E-state index contributed by atoms with van der Waals surface area (Å²) in [5.41, 5.74) is 0. The molecular formula is C8H16OSiY3. The summed E-state index contributed by atoms with van der Waals surface area (Å²) in [7, 11) is 1.39. The fourth-order valence-corrected chi connectivity index (χ4v) is 2.97. The van der Waals surface area contributed by atoms with Crippen LogP contribution < -0.4 is 0 Å². The van der Waals surface area contributed by atoms with E-state index in [9.17, 15) is 0 Å². The van der Waals surface area contributed by atoms with Gasteiger partial charge in [0.1, 0.15) is 0 Å². The molecule has 0 N–H and O–H groups in total. The molecular weight excluding hydrogens is 407 g/mol. The Balaban J connectivity index is 0. The Hall–Kier alpha value is 3.49. The number of epoxide rings is 1. The van der Waals surface area contributed by atoms with E-state index in [4.69, 9.17) is 4.74 Å². The van der Waals surface area contributed by atoms with E-state index in [0.29, 0.717) is 12.2 Å². The minimum atomic E-state index is 0. The van der Waals surface area contributed by atoms with Gasteiger partial charge in [-0.3, -0.25) is 0 Å². The van der Waals surface area contributed by atoms with Crippen LogP contribution in [0, 0.1) is 5.92 Å². The molecule has 13 heavy (non-hydrogen) atoms. The number of ether oxygens (including phenoxy) is 1. The van der Waals surface area contributed by atoms with Gasteiger partial charge in [0.15, 0.2) is 0 Å². The third kappa shape index (κ3) is 6.10. The maximum Gasteiger partial charge on any atom is 0.0844 e. The van der Waals surface area contributed by atoms with Crippen molar-refractivity contribution >= 4 is 10.2 Å².